The molecule has 0 fully saturated rings. The second-order valence-corrected chi connectivity index (χ2v) is 13.1. The molecule has 4 aromatic rings. The molecule has 44 heavy (non-hydrogen) atoms. The van der Waals surface area contributed by atoms with E-state index in [-0.39, 0.29) is 29.8 Å². The van der Waals surface area contributed by atoms with Gasteiger partial charge in [0.25, 0.3) is 10.0 Å². The van der Waals surface area contributed by atoms with E-state index in [9.17, 15) is 18.0 Å². The molecule has 4 rings (SSSR count). The van der Waals surface area contributed by atoms with Crippen LogP contribution in [0.5, 0.6) is 0 Å². The Hall–Kier alpha value is -4.14. The van der Waals surface area contributed by atoms with Crippen LogP contribution < -0.4 is 9.62 Å². The molecule has 0 aliphatic rings. The number of amides is 2. The van der Waals surface area contributed by atoms with Gasteiger partial charge in [-0.05, 0) is 73.4 Å². The molecule has 0 unspecified atom stereocenters. The van der Waals surface area contributed by atoms with Gasteiger partial charge < -0.3 is 10.2 Å². The Balaban J connectivity index is 1.79. The van der Waals surface area contributed by atoms with E-state index in [1.54, 1.807) is 18.2 Å². The van der Waals surface area contributed by atoms with Crippen molar-refractivity contribution in [2.45, 2.75) is 57.1 Å². The third kappa shape index (κ3) is 8.49. The van der Waals surface area contributed by atoms with Crippen molar-refractivity contribution < 1.29 is 18.0 Å². The normalized spacial score (nSPS) is 12.6. The van der Waals surface area contributed by atoms with E-state index in [1.165, 1.54) is 29.2 Å². The zero-order valence-electron chi connectivity index (χ0n) is 25.2. The van der Waals surface area contributed by atoms with Gasteiger partial charge in [-0.2, -0.15) is 0 Å². The summed E-state index contributed by atoms with van der Waals surface area (Å²) in [4.78, 5) is 29.8. The Labute approximate surface area is 265 Å². The van der Waals surface area contributed by atoms with Gasteiger partial charge in [-0.1, -0.05) is 91.3 Å². The van der Waals surface area contributed by atoms with Crippen LogP contribution in [0.1, 0.15) is 37.0 Å². The van der Waals surface area contributed by atoms with Gasteiger partial charge in [-0.15, -0.1) is 0 Å². The molecule has 2 amide bonds. The first-order chi connectivity index (χ1) is 21.1. The van der Waals surface area contributed by atoms with Gasteiger partial charge in [0.2, 0.25) is 11.8 Å². The van der Waals surface area contributed by atoms with Crippen LogP contribution in [0.15, 0.2) is 114 Å². The summed E-state index contributed by atoms with van der Waals surface area (Å²) in [5, 5.41) is 3.44. The van der Waals surface area contributed by atoms with E-state index >= 15 is 0 Å². The number of benzene rings is 4. The van der Waals surface area contributed by atoms with E-state index in [0.29, 0.717) is 10.7 Å². The summed E-state index contributed by atoms with van der Waals surface area (Å²) in [5.41, 5.74) is 2.88. The van der Waals surface area contributed by atoms with Gasteiger partial charge in [0, 0.05) is 24.0 Å². The summed E-state index contributed by atoms with van der Waals surface area (Å²) in [6, 6.07) is 30.7. The quantitative estimate of drug-likeness (QED) is 0.185. The summed E-state index contributed by atoms with van der Waals surface area (Å²) >= 11 is 6.05. The van der Waals surface area contributed by atoms with Crippen LogP contribution in [0.4, 0.5) is 5.69 Å². The smallest absolute Gasteiger partial charge is 0.264 e. The lowest BCUT2D eigenvalue weighted by molar-refractivity contribution is -0.140. The first kappa shape index (κ1) is 32.8. The minimum atomic E-state index is -4.19. The number of rotatable bonds is 13. The number of halogens is 1. The number of carbonyl (C=O) groups is 2. The summed E-state index contributed by atoms with van der Waals surface area (Å²) < 4.78 is 29.3. The Morgan fingerprint density at radius 1 is 0.841 bits per heavy atom. The molecule has 1 N–H and O–H groups in total. The summed E-state index contributed by atoms with van der Waals surface area (Å²) in [6.07, 6.45) is 0.979. The molecular weight excluding hydrogens is 594 g/mol. The molecule has 230 valence electrons. The number of hydrogen-bond acceptors (Lipinski definition) is 4. The lowest BCUT2D eigenvalue weighted by atomic mass is 10.0. The highest BCUT2D eigenvalue weighted by atomic mass is 35.5. The van der Waals surface area contributed by atoms with Crippen molar-refractivity contribution in [3.8, 4) is 0 Å². The van der Waals surface area contributed by atoms with E-state index in [2.05, 4.69) is 5.32 Å². The van der Waals surface area contributed by atoms with E-state index in [1.807, 2.05) is 87.5 Å². The molecule has 7 nitrogen and oxygen atoms in total. The average Bonchev–Trinajstić information content (AvgIpc) is 3.02. The second kappa shape index (κ2) is 15.0. The maximum absolute atomic E-state index is 14.5. The van der Waals surface area contributed by atoms with Crippen molar-refractivity contribution in [3.63, 3.8) is 0 Å². The van der Waals surface area contributed by atoms with Crippen molar-refractivity contribution in [2.24, 2.45) is 0 Å². The van der Waals surface area contributed by atoms with Crippen LogP contribution in [0.2, 0.25) is 5.02 Å². The monoisotopic (exact) mass is 631 g/mol. The lowest BCUT2D eigenvalue weighted by Crippen LogP contribution is -2.54. The fraction of sp³-hybridized carbons (Fsp3) is 0.257. The zero-order chi connectivity index (χ0) is 31.7. The molecule has 0 aromatic heterocycles. The standard InChI is InChI=1S/C35H38ClN3O4S/c1-4-27(3)37-35(41)33(23-28-13-7-5-8-14-28)38(24-29-15-9-6-10-16-29)34(40)25-39(31-17-11-12-26(2)22-31)44(42,43)32-20-18-30(36)19-21-32/h5-22,27,33H,4,23-25H2,1-3H3,(H,37,41)/t27-,33+/m0/s1. The molecule has 0 radical (unpaired) electrons. The maximum Gasteiger partial charge on any atom is 0.264 e. The molecular formula is C35H38ClN3O4S. The molecule has 0 saturated heterocycles. The van der Waals surface area contributed by atoms with Crippen LogP contribution in [0, 0.1) is 6.92 Å². The van der Waals surface area contributed by atoms with Crippen molar-refractivity contribution >= 4 is 39.1 Å². The number of anilines is 1. The molecule has 0 saturated carbocycles. The fourth-order valence-electron chi connectivity index (χ4n) is 4.82. The predicted molar refractivity (Wildman–Crippen MR) is 176 cm³/mol. The molecule has 4 aromatic carbocycles. The van der Waals surface area contributed by atoms with Crippen LogP contribution >= 0.6 is 11.6 Å². The fourth-order valence-corrected chi connectivity index (χ4v) is 6.35. The van der Waals surface area contributed by atoms with Gasteiger partial charge in [0.15, 0.2) is 0 Å². The number of hydrogen-bond donors (Lipinski definition) is 1. The predicted octanol–water partition coefficient (Wildman–Crippen LogP) is 6.40. The number of nitrogens with zero attached hydrogens (tertiary/aromatic N) is 2. The highest BCUT2D eigenvalue weighted by Gasteiger charge is 2.35. The molecule has 0 aliphatic heterocycles. The molecule has 0 aliphatic carbocycles. The average molecular weight is 632 g/mol. The Morgan fingerprint density at radius 3 is 2.05 bits per heavy atom. The van der Waals surface area contributed by atoms with Crippen molar-refractivity contribution in [1.29, 1.82) is 0 Å². The Bertz CT molecular complexity index is 1650. The van der Waals surface area contributed by atoms with Crippen molar-refractivity contribution in [2.75, 3.05) is 10.8 Å². The summed E-state index contributed by atoms with van der Waals surface area (Å²) in [6.45, 7) is 5.36. The van der Waals surface area contributed by atoms with Crippen LogP contribution in [0.25, 0.3) is 0 Å². The zero-order valence-corrected chi connectivity index (χ0v) is 26.8. The third-order valence-corrected chi connectivity index (χ3v) is 9.48. The lowest BCUT2D eigenvalue weighted by Gasteiger charge is -2.34. The number of carbonyl (C=O) groups excluding carboxylic acids is 2. The van der Waals surface area contributed by atoms with E-state index in [4.69, 9.17) is 11.6 Å². The summed E-state index contributed by atoms with van der Waals surface area (Å²) in [7, 11) is -4.19. The molecule has 2 atom stereocenters. The van der Waals surface area contributed by atoms with Gasteiger partial charge in [-0.25, -0.2) is 8.42 Å². The SMILES string of the molecule is CC[C@H](C)NC(=O)[C@@H](Cc1ccccc1)N(Cc1ccccc1)C(=O)CN(c1cccc(C)c1)S(=O)(=O)c1ccc(Cl)cc1. The second-order valence-electron chi connectivity index (χ2n) is 10.8. The summed E-state index contributed by atoms with van der Waals surface area (Å²) in [5.74, 6) is -0.803. The molecule has 0 heterocycles. The Kier molecular flexibility index (Phi) is 11.2. The third-order valence-electron chi connectivity index (χ3n) is 7.44. The largest absolute Gasteiger partial charge is 0.352 e. The molecule has 0 spiro atoms. The molecule has 0 bridgehead atoms. The highest BCUT2D eigenvalue weighted by molar-refractivity contribution is 7.92. The number of sulfonamides is 1. The topological polar surface area (TPSA) is 86.8 Å². The van der Waals surface area contributed by atoms with Crippen molar-refractivity contribution in [1.82, 2.24) is 10.2 Å². The van der Waals surface area contributed by atoms with Gasteiger partial charge in [-0.3, -0.25) is 13.9 Å². The van der Waals surface area contributed by atoms with Gasteiger partial charge in [0.1, 0.15) is 12.6 Å². The van der Waals surface area contributed by atoms with Crippen LogP contribution in [0.3, 0.4) is 0 Å². The first-order valence-corrected chi connectivity index (χ1v) is 16.4. The maximum atomic E-state index is 14.5. The minimum absolute atomic E-state index is 0.00108. The highest BCUT2D eigenvalue weighted by Crippen LogP contribution is 2.26. The minimum Gasteiger partial charge on any atom is -0.352 e. The van der Waals surface area contributed by atoms with Gasteiger partial charge in [0.05, 0.1) is 10.6 Å². The van der Waals surface area contributed by atoms with Gasteiger partial charge >= 0.3 is 0 Å². The van der Waals surface area contributed by atoms with Crippen molar-refractivity contribution in [3.05, 3.63) is 131 Å². The molecule has 9 heteroatoms. The van der Waals surface area contributed by atoms with Crippen LogP contribution in [-0.2, 0) is 32.6 Å². The Morgan fingerprint density at radius 2 is 1.45 bits per heavy atom. The van der Waals surface area contributed by atoms with Crippen LogP contribution in [-0.4, -0.2) is 43.8 Å². The number of aryl methyl sites for hydroxylation is 1. The van der Waals surface area contributed by atoms with E-state index < -0.39 is 28.5 Å². The van der Waals surface area contributed by atoms with E-state index in [0.717, 1.165) is 27.4 Å². The number of nitrogens with one attached hydrogen (secondary N) is 1. The first-order valence-electron chi connectivity index (χ1n) is 14.6.